The number of aliphatic hydroxyl groups excluding tert-OH is 1. The van der Waals surface area contributed by atoms with Crippen molar-refractivity contribution < 1.29 is 23.1 Å². The molecule has 2 fully saturated rings. The van der Waals surface area contributed by atoms with Crippen LogP contribution in [0.4, 0.5) is 13.2 Å². The van der Waals surface area contributed by atoms with E-state index in [4.69, 9.17) is 5.11 Å². The van der Waals surface area contributed by atoms with Crippen molar-refractivity contribution in [2.24, 2.45) is 5.92 Å². The third kappa shape index (κ3) is 5.93. The summed E-state index contributed by atoms with van der Waals surface area (Å²) in [6.45, 7) is 4.04. The maximum absolute atomic E-state index is 12.8. The molecule has 2 rings (SSSR count). The van der Waals surface area contributed by atoms with E-state index < -0.39 is 18.6 Å². The highest BCUT2D eigenvalue weighted by Crippen LogP contribution is 2.36. The van der Waals surface area contributed by atoms with Crippen LogP contribution in [0.15, 0.2) is 0 Å². The average Bonchev–Trinajstić information content (AvgIpc) is 3.30. The molecule has 1 amide bonds. The molecule has 5 nitrogen and oxygen atoms in total. The second kappa shape index (κ2) is 7.81. The molecule has 0 aromatic heterocycles. The molecule has 2 aliphatic rings. The van der Waals surface area contributed by atoms with Crippen LogP contribution >= 0.6 is 0 Å². The number of rotatable bonds is 7. The number of piperazine rings is 1. The summed E-state index contributed by atoms with van der Waals surface area (Å²) in [5, 5.41) is 8.91. The fourth-order valence-electron chi connectivity index (χ4n) is 3.08. The number of hydrogen-bond donors (Lipinski definition) is 1. The van der Waals surface area contributed by atoms with Gasteiger partial charge in [0.05, 0.1) is 13.2 Å². The monoisotopic (exact) mass is 337 g/mol. The molecule has 1 aliphatic heterocycles. The molecular formula is C15H26F3N3O2. The predicted molar refractivity (Wildman–Crippen MR) is 79.9 cm³/mol. The van der Waals surface area contributed by atoms with Crippen LogP contribution in [0.2, 0.25) is 0 Å². The zero-order valence-corrected chi connectivity index (χ0v) is 13.6. The van der Waals surface area contributed by atoms with Gasteiger partial charge in [-0.25, -0.2) is 0 Å². The van der Waals surface area contributed by atoms with Crippen molar-refractivity contribution in [1.29, 1.82) is 0 Å². The minimum Gasteiger partial charge on any atom is -0.395 e. The molecule has 8 heteroatoms. The lowest BCUT2D eigenvalue weighted by molar-refractivity contribution is -0.166. The molecule has 23 heavy (non-hydrogen) atoms. The molecule has 134 valence electrons. The Bertz CT molecular complexity index is 394. The highest BCUT2D eigenvalue weighted by Gasteiger charge is 2.40. The molecule has 1 atom stereocenters. The Kier molecular flexibility index (Phi) is 6.27. The van der Waals surface area contributed by atoms with Crippen molar-refractivity contribution in [3.05, 3.63) is 0 Å². The minimum atomic E-state index is -4.36. The summed E-state index contributed by atoms with van der Waals surface area (Å²) in [5.74, 6) is -0.222. The van der Waals surface area contributed by atoms with Gasteiger partial charge in [0.15, 0.2) is 0 Å². The molecule has 0 unspecified atom stereocenters. The van der Waals surface area contributed by atoms with E-state index in [-0.39, 0.29) is 25.1 Å². The normalized spacial score (nSPS) is 22.1. The Morgan fingerprint density at radius 2 is 1.78 bits per heavy atom. The maximum Gasteiger partial charge on any atom is 0.406 e. The Labute approximate surface area is 135 Å². The molecule has 0 radical (unpaired) electrons. The van der Waals surface area contributed by atoms with Crippen LogP contribution in [0.25, 0.3) is 0 Å². The zero-order valence-electron chi connectivity index (χ0n) is 13.6. The summed E-state index contributed by atoms with van der Waals surface area (Å²) >= 11 is 0. The molecule has 0 aromatic carbocycles. The lowest BCUT2D eigenvalue weighted by Gasteiger charge is -2.36. The highest BCUT2D eigenvalue weighted by molar-refractivity contribution is 5.78. The standard InChI is InChI=1S/C15H26F3N3O2/c1-12(13-2-3-13)21(11-15(16,17)18)14(23)10-20-6-4-19(5-7-20)8-9-22/h12-13,22H,2-11H2,1H3/t12-/m1/s1. The topological polar surface area (TPSA) is 47.0 Å². The lowest BCUT2D eigenvalue weighted by Crippen LogP contribution is -2.53. The van der Waals surface area contributed by atoms with Crippen molar-refractivity contribution in [2.45, 2.75) is 32.0 Å². The summed E-state index contributed by atoms with van der Waals surface area (Å²) in [5.41, 5.74) is 0. The van der Waals surface area contributed by atoms with E-state index in [1.807, 2.05) is 4.90 Å². The first-order valence-electron chi connectivity index (χ1n) is 8.22. The van der Waals surface area contributed by atoms with Gasteiger partial charge in [-0.3, -0.25) is 14.6 Å². The van der Waals surface area contributed by atoms with Gasteiger partial charge in [0.2, 0.25) is 5.91 Å². The van der Waals surface area contributed by atoms with Gasteiger partial charge in [0.25, 0.3) is 0 Å². The quantitative estimate of drug-likeness (QED) is 0.746. The van der Waals surface area contributed by atoms with Crippen molar-refractivity contribution in [3.63, 3.8) is 0 Å². The number of halogens is 3. The average molecular weight is 337 g/mol. The number of carbonyl (C=O) groups excluding carboxylic acids is 1. The second-order valence-electron chi connectivity index (χ2n) is 6.56. The van der Waals surface area contributed by atoms with Gasteiger partial charge in [-0.2, -0.15) is 13.2 Å². The molecule has 0 bridgehead atoms. The van der Waals surface area contributed by atoms with Crippen molar-refractivity contribution >= 4 is 5.91 Å². The third-order valence-electron chi connectivity index (χ3n) is 4.71. The van der Waals surface area contributed by atoms with Crippen LogP contribution in [0.1, 0.15) is 19.8 Å². The van der Waals surface area contributed by atoms with E-state index in [2.05, 4.69) is 4.90 Å². The van der Waals surface area contributed by atoms with Gasteiger partial charge in [-0.05, 0) is 25.7 Å². The molecule has 1 aliphatic carbocycles. The SMILES string of the molecule is C[C@H](C1CC1)N(CC(F)(F)F)C(=O)CN1CCN(CCO)CC1. The van der Waals surface area contributed by atoms with Gasteiger partial charge in [0.1, 0.15) is 6.54 Å². The van der Waals surface area contributed by atoms with Crippen LogP contribution in [-0.4, -0.2) is 90.4 Å². The van der Waals surface area contributed by atoms with E-state index in [1.54, 1.807) is 6.92 Å². The first kappa shape index (κ1) is 18.5. The Hall–Kier alpha value is -0.860. The van der Waals surface area contributed by atoms with E-state index in [1.165, 1.54) is 0 Å². The summed E-state index contributed by atoms with van der Waals surface area (Å²) < 4.78 is 38.4. The van der Waals surface area contributed by atoms with E-state index >= 15 is 0 Å². The Morgan fingerprint density at radius 3 is 2.26 bits per heavy atom. The van der Waals surface area contributed by atoms with Gasteiger partial charge in [-0.1, -0.05) is 0 Å². The Balaban J connectivity index is 1.87. The predicted octanol–water partition coefficient (Wildman–Crippen LogP) is 0.786. The van der Waals surface area contributed by atoms with E-state index in [9.17, 15) is 18.0 Å². The molecular weight excluding hydrogens is 311 g/mol. The number of amides is 1. The number of β-amino-alcohol motifs (C(OH)–C–C–N with tert-alkyl or cyclic N) is 1. The van der Waals surface area contributed by atoms with Crippen LogP contribution in [0.5, 0.6) is 0 Å². The van der Waals surface area contributed by atoms with Gasteiger partial charge in [-0.15, -0.1) is 0 Å². The fraction of sp³-hybridized carbons (Fsp3) is 0.933. The third-order valence-corrected chi connectivity index (χ3v) is 4.71. The first-order valence-corrected chi connectivity index (χ1v) is 8.22. The Morgan fingerprint density at radius 1 is 1.22 bits per heavy atom. The summed E-state index contributed by atoms with van der Waals surface area (Å²) in [7, 11) is 0. The van der Waals surface area contributed by atoms with Crippen molar-refractivity contribution in [2.75, 3.05) is 52.4 Å². The van der Waals surface area contributed by atoms with Crippen LogP contribution in [-0.2, 0) is 4.79 Å². The van der Waals surface area contributed by atoms with Gasteiger partial charge >= 0.3 is 6.18 Å². The van der Waals surface area contributed by atoms with Gasteiger partial charge < -0.3 is 10.0 Å². The molecule has 0 aromatic rings. The number of hydrogen-bond acceptors (Lipinski definition) is 4. The largest absolute Gasteiger partial charge is 0.406 e. The number of nitrogens with zero attached hydrogens (tertiary/aromatic N) is 3. The van der Waals surface area contributed by atoms with E-state index in [0.29, 0.717) is 19.6 Å². The fourth-order valence-corrected chi connectivity index (χ4v) is 3.08. The zero-order chi connectivity index (χ0) is 17.0. The second-order valence-corrected chi connectivity index (χ2v) is 6.56. The summed E-state index contributed by atoms with van der Waals surface area (Å²) in [6, 6.07) is -0.347. The maximum atomic E-state index is 12.8. The summed E-state index contributed by atoms with van der Waals surface area (Å²) in [4.78, 5) is 17.4. The van der Waals surface area contributed by atoms with Crippen molar-refractivity contribution in [3.8, 4) is 0 Å². The number of aliphatic hydroxyl groups is 1. The van der Waals surface area contributed by atoms with Crippen LogP contribution in [0.3, 0.4) is 0 Å². The smallest absolute Gasteiger partial charge is 0.395 e. The summed E-state index contributed by atoms with van der Waals surface area (Å²) in [6.07, 6.45) is -2.55. The minimum absolute atomic E-state index is 0.0418. The van der Waals surface area contributed by atoms with Crippen LogP contribution < -0.4 is 0 Å². The molecule has 1 heterocycles. The van der Waals surface area contributed by atoms with Crippen molar-refractivity contribution in [1.82, 2.24) is 14.7 Å². The highest BCUT2D eigenvalue weighted by atomic mass is 19.4. The molecule has 1 saturated heterocycles. The molecule has 0 spiro atoms. The van der Waals surface area contributed by atoms with Gasteiger partial charge in [0, 0.05) is 38.8 Å². The first-order chi connectivity index (χ1) is 10.8. The number of alkyl halides is 3. The lowest BCUT2D eigenvalue weighted by atomic mass is 10.1. The molecule has 1 N–H and O–H groups in total. The van der Waals surface area contributed by atoms with E-state index in [0.717, 1.165) is 30.8 Å². The molecule has 1 saturated carbocycles. The number of carbonyl (C=O) groups is 1. The van der Waals surface area contributed by atoms with Crippen LogP contribution in [0, 0.1) is 5.92 Å².